The van der Waals surface area contributed by atoms with Crippen molar-refractivity contribution in [1.82, 2.24) is 14.3 Å². The first-order chi connectivity index (χ1) is 8.92. The first-order valence-corrected chi connectivity index (χ1v) is 6.27. The molecule has 0 bridgehead atoms. The minimum Gasteiger partial charge on any atom is -0.492 e. The summed E-state index contributed by atoms with van der Waals surface area (Å²) >= 11 is 0. The monoisotopic (exact) mass is 254 g/mol. The third kappa shape index (κ3) is 3.74. The van der Waals surface area contributed by atoms with Crippen LogP contribution in [0.25, 0.3) is 5.65 Å². The molecule has 2 aromatic heterocycles. The van der Waals surface area contributed by atoms with E-state index in [0.29, 0.717) is 6.61 Å². The Morgan fingerprint density at radius 3 is 2.95 bits per heavy atom. The van der Waals surface area contributed by atoms with Crippen LogP contribution in [0.5, 0.6) is 5.75 Å². The molecule has 3 heterocycles. The normalized spacial score (nSPS) is 16.2. The fourth-order valence-electron chi connectivity index (χ4n) is 2.10. The first-order valence-electron chi connectivity index (χ1n) is 6.27. The SMILES string of the molecule is [Li].c1cn2ccc(OCCN3CCOCC3)cc2n1. The smallest absolute Gasteiger partial charge is 0.140 e. The van der Waals surface area contributed by atoms with E-state index < -0.39 is 0 Å². The van der Waals surface area contributed by atoms with E-state index in [4.69, 9.17) is 9.47 Å². The summed E-state index contributed by atoms with van der Waals surface area (Å²) in [5.41, 5.74) is 0.916. The zero-order valence-electron chi connectivity index (χ0n) is 11.3. The van der Waals surface area contributed by atoms with Gasteiger partial charge in [-0.2, -0.15) is 0 Å². The average molecular weight is 254 g/mol. The second kappa shape index (κ2) is 6.97. The Morgan fingerprint density at radius 2 is 2.11 bits per heavy atom. The zero-order valence-corrected chi connectivity index (χ0v) is 11.3. The van der Waals surface area contributed by atoms with Crippen molar-refractivity contribution in [1.29, 1.82) is 0 Å². The van der Waals surface area contributed by atoms with Gasteiger partial charge in [0.2, 0.25) is 0 Å². The molecule has 5 nitrogen and oxygen atoms in total. The second-order valence-corrected chi connectivity index (χ2v) is 4.36. The largest absolute Gasteiger partial charge is 0.492 e. The molecule has 0 N–H and O–H groups in total. The molecule has 2 aromatic rings. The number of pyridine rings is 1. The molecule has 3 rings (SSSR count). The number of imidazole rings is 1. The quantitative estimate of drug-likeness (QED) is 0.752. The van der Waals surface area contributed by atoms with Crippen LogP contribution in [-0.4, -0.2) is 72.6 Å². The molecule has 0 atom stereocenters. The molecule has 1 saturated heterocycles. The molecule has 97 valence electrons. The third-order valence-corrected chi connectivity index (χ3v) is 3.15. The summed E-state index contributed by atoms with van der Waals surface area (Å²) in [5.74, 6) is 0.877. The maximum Gasteiger partial charge on any atom is 0.140 e. The topological polar surface area (TPSA) is 39.0 Å². The molecule has 0 amide bonds. The fourth-order valence-corrected chi connectivity index (χ4v) is 2.10. The summed E-state index contributed by atoms with van der Waals surface area (Å²) in [6, 6.07) is 3.92. The van der Waals surface area contributed by atoms with Gasteiger partial charge in [-0.25, -0.2) is 4.98 Å². The number of fused-ring (bicyclic) bond motifs is 1. The molecule has 1 fully saturated rings. The van der Waals surface area contributed by atoms with E-state index in [-0.39, 0.29) is 18.9 Å². The number of hydrogen-bond acceptors (Lipinski definition) is 4. The number of hydrogen-bond donors (Lipinski definition) is 0. The van der Waals surface area contributed by atoms with Crippen molar-refractivity contribution < 1.29 is 9.47 Å². The zero-order chi connectivity index (χ0) is 12.2. The minimum atomic E-state index is 0. The molecule has 1 aliphatic heterocycles. The predicted molar refractivity (Wildman–Crippen MR) is 73.7 cm³/mol. The Kier molecular flexibility index (Phi) is 5.29. The van der Waals surface area contributed by atoms with Crippen LogP contribution in [-0.2, 0) is 4.74 Å². The molecule has 0 spiro atoms. The van der Waals surface area contributed by atoms with E-state index in [2.05, 4.69) is 9.88 Å². The standard InChI is InChI=1S/C13H17N3O2.Li/c1-3-16-4-2-14-13(16)11-12(1)18-10-7-15-5-8-17-9-6-15;/h1-4,11H,5-10H2;. The number of nitrogens with zero attached hydrogens (tertiary/aromatic N) is 3. The van der Waals surface area contributed by atoms with Gasteiger partial charge >= 0.3 is 0 Å². The number of morpholine rings is 1. The summed E-state index contributed by atoms with van der Waals surface area (Å²) in [7, 11) is 0. The molecular formula is C13H17LiN3O2. The molecule has 0 unspecified atom stereocenters. The van der Waals surface area contributed by atoms with Crippen molar-refractivity contribution in [3.8, 4) is 5.75 Å². The van der Waals surface area contributed by atoms with Crippen LogP contribution in [0.15, 0.2) is 30.7 Å². The van der Waals surface area contributed by atoms with E-state index in [9.17, 15) is 0 Å². The number of aromatic nitrogens is 2. The maximum atomic E-state index is 5.75. The van der Waals surface area contributed by atoms with Gasteiger partial charge < -0.3 is 13.9 Å². The van der Waals surface area contributed by atoms with E-state index in [1.807, 2.05) is 28.9 Å². The van der Waals surface area contributed by atoms with Crippen LogP contribution >= 0.6 is 0 Å². The minimum absolute atomic E-state index is 0. The third-order valence-electron chi connectivity index (χ3n) is 3.15. The van der Waals surface area contributed by atoms with Gasteiger partial charge in [0.05, 0.1) is 13.2 Å². The van der Waals surface area contributed by atoms with Gasteiger partial charge in [0.15, 0.2) is 0 Å². The molecule has 19 heavy (non-hydrogen) atoms. The van der Waals surface area contributed by atoms with E-state index >= 15 is 0 Å². The number of rotatable bonds is 4. The summed E-state index contributed by atoms with van der Waals surface area (Å²) in [6.07, 6.45) is 5.67. The average Bonchev–Trinajstić information content (AvgIpc) is 2.87. The van der Waals surface area contributed by atoms with Crippen molar-refractivity contribution in [3.63, 3.8) is 0 Å². The van der Waals surface area contributed by atoms with Crippen molar-refractivity contribution in [2.45, 2.75) is 0 Å². The molecule has 0 saturated carbocycles. The number of ether oxygens (including phenoxy) is 2. The van der Waals surface area contributed by atoms with E-state index in [1.165, 1.54) is 0 Å². The van der Waals surface area contributed by atoms with Gasteiger partial charge in [0.1, 0.15) is 18.0 Å². The molecule has 0 aliphatic carbocycles. The van der Waals surface area contributed by atoms with E-state index in [0.717, 1.165) is 44.2 Å². The summed E-state index contributed by atoms with van der Waals surface area (Å²) in [5, 5.41) is 0. The second-order valence-electron chi connectivity index (χ2n) is 4.36. The maximum absolute atomic E-state index is 5.75. The van der Waals surface area contributed by atoms with Crippen LogP contribution in [0.1, 0.15) is 0 Å². The van der Waals surface area contributed by atoms with Gasteiger partial charge in [-0.15, -0.1) is 0 Å². The summed E-state index contributed by atoms with van der Waals surface area (Å²) < 4.78 is 13.0. The van der Waals surface area contributed by atoms with Crippen LogP contribution in [0.4, 0.5) is 0 Å². The molecule has 6 heteroatoms. The summed E-state index contributed by atoms with van der Waals surface area (Å²) in [4.78, 5) is 6.59. The van der Waals surface area contributed by atoms with E-state index in [1.54, 1.807) is 6.20 Å². The molecular weight excluding hydrogens is 237 g/mol. The van der Waals surface area contributed by atoms with Gasteiger partial charge in [-0.05, 0) is 6.07 Å². The Balaban J connectivity index is 0.00000133. The first kappa shape index (κ1) is 14.4. The van der Waals surface area contributed by atoms with Gasteiger partial charge in [0.25, 0.3) is 0 Å². The van der Waals surface area contributed by atoms with Gasteiger partial charge in [-0.1, -0.05) is 0 Å². The van der Waals surface area contributed by atoms with Crippen LogP contribution in [0, 0.1) is 0 Å². The predicted octanol–water partition coefficient (Wildman–Crippen LogP) is 0.664. The fraction of sp³-hybridized carbons (Fsp3) is 0.462. The van der Waals surface area contributed by atoms with Gasteiger partial charge in [0, 0.05) is 63.2 Å². The van der Waals surface area contributed by atoms with Crippen LogP contribution in [0.2, 0.25) is 0 Å². The molecule has 1 radical (unpaired) electrons. The van der Waals surface area contributed by atoms with Gasteiger partial charge in [-0.3, -0.25) is 4.90 Å². The van der Waals surface area contributed by atoms with Crippen LogP contribution < -0.4 is 4.74 Å². The molecule has 0 aromatic carbocycles. The molecule has 1 aliphatic rings. The Morgan fingerprint density at radius 1 is 1.26 bits per heavy atom. The van der Waals surface area contributed by atoms with Crippen molar-refractivity contribution >= 4 is 24.5 Å². The van der Waals surface area contributed by atoms with Crippen molar-refractivity contribution in [3.05, 3.63) is 30.7 Å². The van der Waals surface area contributed by atoms with Crippen molar-refractivity contribution in [2.24, 2.45) is 0 Å². The Hall–Kier alpha value is -0.993. The Labute approximate surface area is 124 Å². The van der Waals surface area contributed by atoms with Crippen molar-refractivity contribution in [2.75, 3.05) is 39.5 Å². The van der Waals surface area contributed by atoms with Crippen LogP contribution in [0.3, 0.4) is 0 Å². The summed E-state index contributed by atoms with van der Waals surface area (Å²) in [6.45, 7) is 5.32. The Bertz CT molecular complexity index is 511.